The molecule has 1 aliphatic heterocycles. The fraction of sp³-hybridized carbons (Fsp3) is 0.182. The molecule has 0 radical (unpaired) electrons. The minimum absolute atomic E-state index is 0.0548. The number of aliphatic carboxylic acids is 1. The van der Waals surface area contributed by atoms with Gasteiger partial charge >= 0.3 is 17.7 Å². The highest BCUT2D eigenvalue weighted by atomic mass is 16.6. The van der Waals surface area contributed by atoms with Gasteiger partial charge in [-0.15, -0.1) is 0 Å². The average Bonchev–Trinajstić information content (AvgIpc) is 2.27. The summed E-state index contributed by atoms with van der Waals surface area (Å²) in [6, 6.07) is 3.81. The van der Waals surface area contributed by atoms with Crippen molar-refractivity contribution in [3.63, 3.8) is 0 Å². The van der Waals surface area contributed by atoms with E-state index in [1.807, 2.05) is 0 Å². The fourth-order valence-corrected chi connectivity index (χ4v) is 1.67. The van der Waals surface area contributed by atoms with E-state index in [2.05, 4.69) is 0 Å². The third kappa shape index (κ3) is 1.70. The van der Waals surface area contributed by atoms with Gasteiger partial charge in [-0.2, -0.15) is 0 Å². The third-order valence-electron chi connectivity index (χ3n) is 2.55. The zero-order valence-corrected chi connectivity index (χ0v) is 8.91. The maximum Gasteiger partial charge on any atom is 0.377 e. The molecule has 7 nitrogen and oxygen atoms in total. The largest absolute Gasteiger partial charge is 0.478 e. The average molecular weight is 252 g/mol. The third-order valence-corrected chi connectivity index (χ3v) is 2.55. The van der Waals surface area contributed by atoms with Crippen molar-refractivity contribution in [2.45, 2.75) is 12.2 Å². The van der Waals surface area contributed by atoms with E-state index in [4.69, 9.17) is 14.9 Å². The topological polar surface area (TPSA) is 121 Å². The number of benzene rings is 1. The van der Waals surface area contributed by atoms with Crippen molar-refractivity contribution in [1.29, 1.82) is 0 Å². The fourth-order valence-electron chi connectivity index (χ4n) is 1.67. The van der Waals surface area contributed by atoms with Crippen molar-refractivity contribution in [1.82, 2.24) is 0 Å². The number of aliphatic hydroxyl groups is 1. The molecule has 18 heavy (non-hydrogen) atoms. The summed E-state index contributed by atoms with van der Waals surface area (Å²) in [5.41, 5.74) is -0.430. The number of ether oxygens (including phenoxy) is 1. The number of carbonyl (C=O) groups excluding carboxylic acids is 1. The minimum Gasteiger partial charge on any atom is -0.478 e. The summed E-state index contributed by atoms with van der Waals surface area (Å²) >= 11 is 0. The molecule has 1 aliphatic rings. The quantitative estimate of drug-likeness (QED) is 0.683. The minimum atomic E-state index is -2.73. The Labute approximate surface area is 100 Å². The number of ketones is 1. The van der Waals surface area contributed by atoms with Gasteiger partial charge in [0.15, 0.2) is 5.78 Å². The van der Waals surface area contributed by atoms with Crippen LogP contribution in [-0.2, 0) is 4.79 Å². The SMILES string of the molecule is O=C(O)c1cccc2c1OC(O)(C(=O)O)CC2=O. The zero-order valence-electron chi connectivity index (χ0n) is 8.91. The van der Waals surface area contributed by atoms with Crippen molar-refractivity contribution < 1.29 is 34.4 Å². The van der Waals surface area contributed by atoms with Crippen LogP contribution in [0.3, 0.4) is 0 Å². The van der Waals surface area contributed by atoms with Gasteiger partial charge in [0.05, 0.1) is 12.0 Å². The molecule has 0 bridgehead atoms. The van der Waals surface area contributed by atoms with E-state index in [0.29, 0.717) is 0 Å². The van der Waals surface area contributed by atoms with Gasteiger partial charge in [-0.3, -0.25) is 4.79 Å². The van der Waals surface area contributed by atoms with Gasteiger partial charge in [0.1, 0.15) is 11.3 Å². The molecule has 0 aliphatic carbocycles. The first kappa shape index (κ1) is 12.1. The predicted octanol–water partition coefficient (Wildman–Crippen LogP) is 0.123. The Morgan fingerprint density at radius 3 is 2.50 bits per heavy atom. The second-order valence-electron chi connectivity index (χ2n) is 3.78. The van der Waals surface area contributed by atoms with Gasteiger partial charge in [-0.25, -0.2) is 9.59 Å². The number of carboxylic acids is 2. The van der Waals surface area contributed by atoms with Crippen LogP contribution in [0, 0.1) is 0 Å². The second-order valence-corrected chi connectivity index (χ2v) is 3.78. The van der Waals surface area contributed by atoms with Crippen molar-refractivity contribution >= 4 is 17.7 Å². The van der Waals surface area contributed by atoms with Crippen molar-refractivity contribution in [2.24, 2.45) is 0 Å². The van der Waals surface area contributed by atoms with Crippen LogP contribution in [0.2, 0.25) is 0 Å². The summed E-state index contributed by atoms with van der Waals surface area (Å²) in [7, 11) is 0. The monoisotopic (exact) mass is 252 g/mol. The molecule has 0 aromatic heterocycles. The molecule has 0 spiro atoms. The maximum atomic E-state index is 11.7. The summed E-state index contributed by atoms with van der Waals surface area (Å²) in [6.07, 6.45) is -0.765. The Morgan fingerprint density at radius 1 is 1.28 bits per heavy atom. The Kier molecular flexibility index (Phi) is 2.55. The van der Waals surface area contributed by atoms with Gasteiger partial charge in [0.2, 0.25) is 0 Å². The number of carboxylic acid groups (broad SMARTS) is 2. The van der Waals surface area contributed by atoms with Crippen LogP contribution < -0.4 is 4.74 Å². The molecule has 1 atom stereocenters. The Hall–Kier alpha value is -2.41. The van der Waals surface area contributed by atoms with Gasteiger partial charge in [-0.1, -0.05) is 6.07 Å². The van der Waals surface area contributed by atoms with Crippen LogP contribution in [0.4, 0.5) is 0 Å². The number of hydrogen-bond donors (Lipinski definition) is 3. The normalized spacial score (nSPS) is 21.9. The number of Topliss-reactive ketones (excluding diaryl/α,β-unsaturated/α-hetero) is 1. The summed E-state index contributed by atoms with van der Waals surface area (Å²) in [5, 5.41) is 27.3. The van der Waals surface area contributed by atoms with Gasteiger partial charge in [-0.05, 0) is 12.1 Å². The van der Waals surface area contributed by atoms with E-state index in [9.17, 15) is 19.5 Å². The number of aromatic carboxylic acids is 1. The molecule has 1 aromatic rings. The van der Waals surface area contributed by atoms with Crippen LogP contribution in [0.5, 0.6) is 5.75 Å². The van der Waals surface area contributed by atoms with Gasteiger partial charge < -0.3 is 20.1 Å². The number of carbonyl (C=O) groups is 3. The summed E-state index contributed by atoms with van der Waals surface area (Å²) in [6.45, 7) is 0. The first-order chi connectivity index (χ1) is 8.35. The summed E-state index contributed by atoms with van der Waals surface area (Å²) in [5.74, 6) is -6.97. The van der Waals surface area contributed by atoms with Gasteiger partial charge in [0.25, 0.3) is 0 Å². The molecule has 7 heteroatoms. The van der Waals surface area contributed by atoms with E-state index in [1.54, 1.807) is 0 Å². The Balaban J connectivity index is 2.61. The van der Waals surface area contributed by atoms with Crippen LogP contribution >= 0.6 is 0 Å². The first-order valence-electron chi connectivity index (χ1n) is 4.89. The highest BCUT2D eigenvalue weighted by molar-refractivity contribution is 6.06. The number of para-hydroxylation sites is 1. The van der Waals surface area contributed by atoms with Crippen LogP contribution in [0.25, 0.3) is 0 Å². The molecule has 0 fully saturated rings. The molecular formula is C11H8O7. The molecule has 1 unspecified atom stereocenters. The van der Waals surface area contributed by atoms with Crippen molar-refractivity contribution in [2.75, 3.05) is 0 Å². The molecule has 1 heterocycles. The lowest BCUT2D eigenvalue weighted by Gasteiger charge is -2.30. The number of rotatable bonds is 2. The highest BCUT2D eigenvalue weighted by Gasteiger charge is 2.47. The molecule has 1 aromatic carbocycles. The molecule has 0 saturated carbocycles. The molecule has 94 valence electrons. The smallest absolute Gasteiger partial charge is 0.377 e. The van der Waals surface area contributed by atoms with E-state index in [-0.39, 0.29) is 11.1 Å². The molecule has 0 saturated heterocycles. The Bertz CT molecular complexity index is 548. The van der Waals surface area contributed by atoms with Crippen molar-refractivity contribution in [3.8, 4) is 5.75 Å². The first-order valence-corrected chi connectivity index (χ1v) is 4.89. The second kappa shape index (κ2) is 3.81. The maximum absolute atomic E-state index is 11.7. The molecule has 3 N–H and O–H groups in total. The highest BCUT2D eigenvalue weighted by Crippen LogP contribution is 2.35. The lowest BCUT2D eigenvalue weighted by atomic mass is 9.96. The summed E-state index contributed by atoms with van der Waals surface area (Å²) in [4.78, 5) is 33.5. The lowest BCUT2D eigenvalue weighted by molar-refractivity contribution is -0.194. The van der Waals surface area contributed by atoms with E-state index in [0.717, 1.165) is 6.07 Å². The van der Waals surface area contributed by atoms with Crippen LogP contribution in [0.15, 0.2) is 18.2 Å². The molecule has 2 rings (SSSR count). The van der Waals surface area contributed by atoms with Gasteiger partial charge in [0, 0.05) is 0 Å². The predicted molar refractivity (Wildman–Crippen MR) is 55.6 cm³/mol. The summed E-state index contributed by atoms with van der Waals surface area (Å²) < 4.78 is 4.80. The standard InChI is InChI=1S/C11H8O7/c12-7-4-11(17,10(15)16)18-8-5(7)2-1-3-6(8)9(13)14/h1-3,17H,4H2,(H,13,14)(H,15,16). The van der Waals surface area contributed by atoms with E-state index >= 15 is 0 Å². The molecular weight excluding hydrogens is 244 g/mol. The zero-order chi connectivity index (χ0) is 13.5. The molecule has 0 amide bonds. The lowest BCUT2D eigenvalue weighted by Crippen LogP contribution is -2.49. The van der Waals surface area contributed by atoms with Crippen LogP contribution in [-0.4, -0.2) is 38.8 Å². The van der Waals surface area contributed by atoms with E-state index in [1.165, 1.54) is 12.1 Å². The van der Waals surface area contributed by atoms with E-state index < -0.39 is 35.7 Å². The number of fused-ring (bicyclic) bond motifs is 1. The Morgan fingerprint density at radius 2 is 1.94 bits per heavy atom. The van der Waals surface area contributed by atoms with Crippen LogP contribution in [0.1, 0.15) is 27.1 Å². The van der Waals surface area contributed by atoms with Crippen molar-refractivity contribution in [3.05, 3.63) is 29.3 Å². The number of hydrogen-bond acceptors (Lipinski definition) is 5.